The average molecular weight is 463 g/mol. The number of anilines is 1. The highest BCUT2D eigenvalue weighted by Gasteiger charge is 2.33. The molecule has 0 unspecified atom stereocenters. The van der Waals surface area contributed by atoms with Crippen molar-refractivity contribution in [1.82, 2.24) is 4.90 Å². The Morgan fingerprint density at radius 2 is 1.77 bits per heavy atom. The van der Waals surface area contributed by atoms with Crippen LogP contribution >= 0.6 is 11.6 Å². The fraction of sp³-hybridized carbons (Fsp3) is 0.263. The molecule has 0 bridgehead atoms. The summed E-state index contributed by atoms with van der Waals surface area (Å²) in [5.41, 5.74) is -1.59. The number of carbonyl (C=O) groups is 2. The first-order chi connectivity index (χ1) is 13.8. The van der Waals surface area contributed by atoms with Crippen LogP contribution in [0.15, 0.2) is 47.4 Å². The quantitative estimate of drug-likeness (QED) is 0.706. The van der Waals surface area contributed by atoms with Crippen LogP contribution in [0, 0.1) is 0 Å². The number of hydrogen-bond acceptors (Lipinski definition) is 4. The van der Waals surface area contributed by atoms with Gasteiger partial charge < -0.3 is 10.2 Å². The van der Waals surface area contributed by atoms with Crippen LogP contribution in [-0.2, 0) is 20.8 Å². The predicted octanol–water partition coefficient (Wildman–Crippen LogP) is 3.86. The van der Waals surface area contributed by atoms with Crippen LogP contribution < -0.4 is 5.32 Å². The second-order valence-electron chi connectivity index (χ2n) is 6.32. The first-order valence-corrected chi connectivity index (χ1v) is 10.9. The lowest BCUT2D eigenvalue weighted by Crippen LogP contribution is -2.38. The molecule has 0 aliphatic rings. The van der Waals surface area contributed by atoms with E-state index >= 15 is 0 Å². The summed E-state index contributed by atoms with van der Waals surface area (Å²) in [5, 5.41) is 2.14. The summed E-state index contributed by atoms with van der Waals surface area (Å²) in [5.74, 6) is -1.58. The Morgan fingerprint density at radius 3 is 2.33 bits per heavy atom. The molecule has 2 rings (SSSR count). The molecule has 0 saturated carbocycles. The number of halogens is 4. The van der Waals surface area contributed by atoms with Gasteiger partial charge in [0.2, 0.25) is 5.91 Å². The van der Waals surface area contributed by atoms with E-state index in [4.69, 9.17) is 11.6 Å². The number of amides is 2. The van der Waals surface area contributed by atoms with Gasteiger partial charge in [-0.05, 0) is 37.3 Å². The summed E-state index contributed by atoms with van der Waals surface area (Å²) in [6.45, 7) is 1.04. The molecule has 0 saturated heterocycles. The standard InChI is InChI=1S/C19H18ClF3N2O4S/c1-3-25(18(27)13-10-12(30(2,28)29)8-9-15(13)20)11-17(26)24-16-7-5-4-6-14(16)19(21,22)23/h4-10H,3,11H2,1-2H3,(H,24,26). The maximum absolute atomic E-state index is 13.1. The molecule has 0 atom stereocenters. The molecule has 30 heavy (non-hydrogen) atoms. The highest BCUT2D eigenvalue weighted by atomic mass is 35.5. The smallest absolute Gasteiger partial charge is 0.330 e. The molecule has 11 heteroatoms. The number of nitrogens with zero attached hydrogens (tertiary/aromatic N) is 1. The summed E-state index contributed by atoms with van der Waals surface area (Å²) in [7, 11) is -3.61. The van der Waals surface area contributed by atoms with E-state index in [1.807, 2.05) is 0 Å². The van der Waals surface area contributed by atoms with E-state index in [2.05, 4.69) is 5.32 Å². The molecule has 0 fully saturated rings. The van der Waals surface area contributed by atoms with Gasteiger partial charge >= 0.3 is 6.18 Å². The first-order valence-electron chi connectivity index (χ1n) is 8.59. The molecule has 2 aromatic rings. The number of alkyl halides is 3. The van der Waals surface area contributed by atoms with Gasteiger partial charge in [0, 0.05) is 12.8 Å². The number of sulfone groups is 1. The molecule has 0 radical (unpaired) electrons. The van der Waals surface area contributed by atoms with Gasteiger partial charge in [0.05, 0.1) is 26.7 Å². The van der Waals surface area contributed by atoms with Crippen LogP contribution in [0.1, 0.15) is 22.8 Å². The highest BCUT2D eigenvalue weighted by Crippen LogP contribution is 2.34. The van der Waals surface area contributed by atoms with Crippen LogP contribution in [0.25, 0.3) is 0 Å². The lowest BCUT2D eigenvalue weighted by Gasteiger charge is -2.22. The zero-order valence-electron chi connectivity index (χ0n) is 16.0. The van der Waals surface area contributed by atoms with E-state index in [0.29, 0.717) is 0 Å². The van der Waals surface area contributed by atoms with Crippen molar-refractivity contribution < 1.29 is 31.2 Å². The Morgan fingerprint density at radius 1 is 1.13 bits per heavy atom. The monoisotopic (exact) mass is 462 g/mol. The average Bonchev–Trinajstić information content (AvgIpc) is 2.64. The first kappa shape index (κ1) is 23.7. The zero-order valence-corrected chi connectivity index (χ0v) is 17.5. The third-order valence-electron chi connectivity index (χ3n) is 4.11. The second kappa shape index (κ2) is 9.05. The fourth-order valence-corrected chi connectivity index (χ4v) is 3.44. The Hall–Kier alpha value is -2.59. The fourth-order valence-electron chi connectivity index (χ4n) is 2.60. The van der Waals surface area contributed by atoms with Crippen LogP contribution in [0.4, 0.5) is 18.9 Å². The van der Waals surface area contributed by atoms with E-state index in [9.17, 15) is 31.2 Å². The highest BCUT2D eigenvalue weighted by molar-refractivity contribution is 7.90. The molecule has 2 aromatic carbocycles. The third-order valence-corrected chi connectivity index (χ3v) is 5.55. The zero-order chi connectivity index (χ0) is 22.7. The number of carbonyl (C=O) groups excluding carboxylic acids is 2. The molecule has 162 valence electrons. The molecular formula is C19H18ClF3N2O4S. The van der Waals surface area contributed by atoms with Crippen molar-refractivity contribution in [2.75, 3.05) is 24.7 Å². The van der Waals surface area contributed by atoms with Gasteiger partial charge in [-0.3, -0.25) is 9.59 Å². The van der Waals surface area contributed by atoms with Gasteiger partial charge in [-0.1, -0.05) is 23.7 Å². The normalized spacial score (nSPS) is 11.8. The topological polar surface area (TPSA) is 83.6 Å². The number of para-hydroxylation sites is 1. The minimum absolute atomic E-state index is 0.0197. The van der Waals surface area contributed by atoms with Gasteiger partial charge in [-0.2, -0.15) is 13.2 Å². The maximum Gasteiger partial charge on any atom is 0.418 e. The van der Waals surface area contributed by atoms with E-state index in [1.54, 1.807) is 6.92 Å². The lowest BCUT2D eigenvalue weighted by molar-refractivity contribution is -0.137. The van der Waals surface area contributed by atoms with Crippen molar-refractivity contribution in [3.05, 3.63) is 58.6 Å². The summed E-state index contributed by atoms with van der Waals surface area (Å²) in [6, 6.07) is 8.05. The van der Waals surface area contributed by atoms with Crippen LogP contribution in [-0.4, -0.2) is 44.5 Å². The van der Waals surface area contributed by atoms with Crippen molar-refractivity contribution in [2.45, 2.75) is 18.0 Å². The number of hydrogen-bond donors (Lipinski definition) is 1. The molecule has 0 heterocycles. The summed E-state index contributed by atoms with van der Waals surface area (Å²) in [6.07, 6.45) is -3.70. The molecule has 2 amide bonds. The molecule has 0 aliphatic carbocycles. The van der Waals surface area contributed by atoms with E-state index in [0.717, 1.165) is 29.4 Å². The number of rotatable bonds is 6. The molecule has 6 nitrogen and oxygen atoms in total. The Labute approximate surface area is 176 Å². The van der Waals surface area contributed by atoms with Gasteiger partial charge in [-0.25, -0.2) is 8.42 Å². The Bertz CT molecular complexity index is 1070. The maximum atomic E-state index is 13.1. The van der Waals surface area contributed by atoms with Gasteiger partial charge in [-0.15, -0.1) is 0 Å². The third kappa shape index (κ3) is 5.73. The number of benzene rings is 2. The predicted molar refractivity (Wildman–Crippen MR) is 106 cm³/mol. The lowest BCUT2D eigenvalue weighted by atomic mass is 10.1. The molecular weight excluding hydrogens is 445 g/mol. The minimum Gasteiger partial charge on any atom is -0.330 e. The van der Waals surface area contributed by atoms with Gasteiger partial charge in [0.1, 0.15) is 6.54 Å². The van der Waals surface area contributed by atoms with Crippen LogP contribution in [0.5, 0.6) is 0 Å². The van der Waals surface area contributed by atoms with Crippen molar-refractivity contribution in [2.24, 2.45) is 0 Å². The van der Waals surface area contributed by atoms with Crippen LogP contribution in [0.3, 0.4) is 0 Å². The molecule has 1 N–H and O–H groups in total. The van der Waals surface area contributed by atoms with E-state index in [1.165, 1.54) is 24.3 Å². The summed E-state index contributed by atoms with van der Waals surface area (Å²) >= 11 is 6.01. The molecule has 0 spiro atoms. The minimum atomic E-state index is -4.66. The Balaban J connectivity index is 2.24. The van der Waals surface area contributed by atoms with Gasteiger partial charge in [0.25, 0.3) is 5.91 Å². The number of nitrogens with one attached hydrogen (secondary N) is 1. The second-order valence-corrected chi connectivity index (χ2v) is 8.75. The SMILES string of the molecule is CCN(CC(=O)Nc1ccccc1C(F)(F)F)C(=O)c1cc(S(C)(=O)=O)ccc1Cl. The van der Waals surface area contributed by atoms with Gasteiger partial charge in [0.15, 0.2) is 9.84 Å². The summed E-state index contributed by atoms with van der Waals surface area (Å²) in [4.78, 5) is 26.0. The van der Waals surface area contributed by atoms with E-state index < -0.39 is 45.6 Å². The largest absolute Gasteiger partial charge is 0.418 e. The van der Waals surface area contributed by atoms with Crippen molar-refractivity contribution in [3.63, 3.8) is 0 Å². The van der Waals surface area contributed by atoms with Crippen molar-refractivity contribution in [1.29, 1.82) is 0 Å². The van der Waals surface area contributed by atoms with E-state index in [-0.39, 0.29) is 22.0 Å². The van der Waals surface area contributed by atoms with Crippen molar-refractivity contribution >= 4 is 38.9 Å². The molecule has 0 aliphatic heterocycles. The Kier molecular flexibility index (Phi) is 7.14. The van der Waals surface area contributed by atoms with Crippen LogP contribution in [0.2, 0.25) is 5.02 Å². The number of likely N-dealkylation sites (N-methyl/N-ethyl adjacent to an activating group) is 1. The summed E-state index contributed by atoms with van der Waals surface area (Å²) < 4.78 is 62.7. The van der Waals surface area contributed by atoms with Crippen molar-refractivity contribution in [3.8, 4) is 0 Å². The molecule has 0 aromatic heterocycles.